The Morgan fingerprint density at radius 1 is 1.25 bits per heavy atom. The van der Waals surface area contributed by atoms with E-state index in [0.717, 1.165) is 17.4 Å². The van der Waals surface area contributed by atoms with Gasteiger partial charge in [-0.1, -0.05) is 0 Å². The van der Waals surface area contributed by atoms with Gasteiger partial charge in [-0.25, -0.2) is 0 Å². The van der Waals surface area contributed by atoms with Gasteiger partial charge in [-0.2, -0.15) is 0 Å². The molecule has 0 bridgehead atoms. The van der Waals surface area contributed by atoms with Gasteiger partial charge in [-0.3, -0.25) is 0 Å². The average molecular weight is 267 g/mol. The number of hydrogen-bond acceptors (Lipinski definition) is 2. The van der Waals surface area contributed by atoms with Crippen LogP contribution in [0.2, 0.25) is 0 Å². The zero-order valence-electron chi connectivity index (χ0n) is 1.67. The maximum absolute atomic E-state index is 8.33. The van der Waals surface area contributed by atoms with Crippen molar-refractivity contribution in [3.8, 4) is 0 Å². The van der Waals surface area contributed by atoms with E-state index in [0.29, 0.717) is 19.8 Å². The van der Waals surface area contributed by atoms with Crippen molar-refractivity contribution in [1.82, 2.24) is 0 Å². The summed E-state index contributed by atoms with van der Waals surface area (Å²) in [6.07, 6.45) is 0. The van der Waals surface area contributed by atoms with Crippen LogP contribution in [-0.2, 0) is 44.2 Å². The zero-order chi connectivity index (χ0) is 4.00. The van der Waals surface area contributed by atoms with E-state index >= 15 is 0 Å². The third kappa shape index (κ3) is 13.2. The van der Waals surface area contributed by atoms with Crippen LogP contribution < -0.4 is 0 Å². The molecular formula is O2VW. The van der Waals surface area contributed by atoms with Crippen molar-refractivity contribution in [3.63, 3.8) is 0 Å². The van der Waals surface area contributed by atoms with Gasteiger partial charge in [0.25, 0.3) is 0 Å². The van der Waals surface area contributed by atoms with Crippen molar-refractivity contribution in [1.29, 1.82) is 0 Å². The molecule has 0 unspecified atom stereocenters. The second-order valence-corrected chi connectivity index (χ2v) is 0. The number of rotatable bonds is 0. The fourth-order valence-corrected chi connectivity index (χ4v) is 0. The van der Waals surface area contributed by atoms with Crippen LogP contribution in [-0.4, -0.2) is 0 Å². The molecule has 0 aliphatic carbocycles. The van der Waals surface area contributed by atoms with E-state index in [1.165, 1.54) is 0 Å². The molecule has 0 aromatic rings. The maximum atomic E-state index is 8.33. The van der Waals surface area contributed by atoms with E-state index in [4.69, 9.17) is 7.07 Å². The molecule has 23 valence electrons. The second kappa shape index (κ2) is 42.0. The molecule has 0 rings (SSSR count). The Bertz CT molecular complexity index is 8.00. The Balaban J connectivity index is 0. The van der Waals surface area contributed by atoms with Crippen LogP contribution in [0.15, 0.2) is 0 Å². The minimum atomic E-state index is 0.333. The molecule has 4 heteroatoms. The number of hydrogen-bond donors (Lipinski definition) is 0. The average Bonchev–Trinajstić information content (AvgIpc) is 1.50. The standard InChI is InChI=1S/2O.V.W. The first-order chi connectivity index (χ1) is 2.00. The molecular weight excluding hydrogens is 267 g/mol. The molecule has 0 aliphatic heterocycles. The first-order valence-corrected chi connectivity index (χ1v) is 2.12. The second-order valence-electron chi connectivity index (χ2n) is 0. The Morgan fingerprint density at radius 2 is 1.25 bits per heavy atom. The predicted molar refractivity (Wildman–Crippen MR) is 1.37 cm³/mol. The van der Waals surface area contributed by atoms with Gasteiger partial charge in [0.1, 0.15) is 0 Å². The molecule has 4 heavy (non-hydrogen) atoms. The van der Waals surface area contributed by atoms with E-state index in [9.17, 15) is 0 Å². The van der Waals surface area contributed by atoms with Crippen molar-refractivity contribution in [2.24, 2.45) is 0 Å². The summed E-state index contributed by atoms with van der Waals surface area (Å²) in [6, 6.07) is 0. The topological polar surface area (TPSA) is 34.1 Å². The van der Waals surface area contributed by atoms with Crippen LogP contribution >= 0.6 is 0 Å². The third-order valence-corrected chi connectivity index (χ3v) is 0. The molecule has 0 aliphatic rings. The van der Waals surface area contributed by atoms with E-state index in [-0.39, 0.29) is 0 Å². The predicted octanol–water partition coefficient (Wildman–Crippen LogP) is -0.243. The zero-order valence-corrected chi connectivity index (χ0v) is 6.00. The summed E-state index contributed by atoms with van der Waals surface area (Å²) in [5, 5.41) is 0. The van der Waals surface area contributed by atoms with Crippen LogP contribution in [0.5, 0.6) is 0 Å². The Labute approximate surface area is 44.4 Å². The molecule has 0 saturated carbocycles. The molecule has 0 amide bonds. The summed E-state index contributed by atoms with van der Waals surface area (Å²) in [5.41, 5.74) is 0. The Morgan fingerprint density at radius 3 is 1.25 bits per heavy atom. The molecule has 0 spiro atoms. The normalized spacial score (nSPS) is 1.75. The summed E-state index contributed by atoms with van der Waals surface area (Å²) < 4.78 is 16.5. The first kappa shape index (κ1) is 8.86. The summed E-state index contributed by atoms with van der Waals surface area (Å²) in [6.45, 7) is 0. The molecule has 0 heterocycles. The summed E-state index contributed by atoms with van der Waals surface area (Å²) >= 11 is 1.40. The summed E-state index contributed by atoms with van der Waals surface area (Å²) in [7, 11) is 0. The van der Waals surface area contributed by atoms with Crippen molar-refractivity contribution in [3.05, 3.63) is 0 Å². The van der Waals surface area contributed by atoms with Crippen molar-refractivity contribution >= 4 is 0 Å². The fourth-order valence-electron chi connectivity index (χ4n) is 0. The van der Waals surface area contributed by atoms with Gasteiger partial charge >= 0.3 is 44.2 Å². The van der Waals surface area contributed by atoms with E-state index in [1.807, 2.05) is 0 Å². The molecule has 0 atom stereocenters. The van der Waals surface area contributed by atoms with Crippen molar-refractivity contribution < 1.29 is 44.2 Å². The first-order valence-electron chi connectivity index (χ1n) is 0.349. The Hall–Kier alpha value is 0.873. The van der Waals surface area contributed by atoms with Gasteiger partial charge in [-0.15, -0.1) is 0 Å². The van der Waals surface area contributed by atoms with E-state index < -0.39 is 0 Å². The van der Waals surface area contributed by atoms with Gasteiger partial charge in [-0.05, 0) is 0 Å². The fraction of sp³-hybridized carbons (Fsp3) is 0. The van der Waals surface area contributed by atoms with Gasteiger partial charge in [0.15, 0.2) is 0 Å². The summed E-state index contributed by atoms with van der Waals surface area (Å²) in [4.78, 5) is 0. The van der Waals surface area contributed by atoms with E-state index in [1.54, 1.807) is 0 Å². The van der Waals surface area contributed by atoms with Gasteiger partial charge < -0.3 is 0 Å². The van der Waals surface area contributed by atoms with Crippen LogP contribution in [0.4, 0.5) is 0 Å². The minimum absolute atomic E-state index is 0.333. The third-order valence-electron chi connectivity index (χ3n) is 0. The molecule has 0 aromatic carbocycles. The molecule has 0 aromatic heterocycles. The Kier molecular flexibility index (Phi) is 92.9. The van der Waals surface area contributed by atoms with Crippen LogP contribution in [0.3, 0.4) is 0 Å². The van der Waals surface area contributed by atoms with Crippen molar-refractivity contribution in [2.75, 3.05) is 0 Å². The van der Waals surface area contributed by atoms with Crippen LogP contribution in [0.25, 0.3) is 0 Å². The molecule has 0 N–H and O–H groups in total. The van der Waals surface area contributed by atoms with Crippen LogP contribution in [0.1, 0.15) is 0 Å². The monoisotopic (exact) mass is 267 g/mol. The van der Waals surface area contributed by atoms with Gasteiger partial charge in [0.05, 0.1) is 0 Å². The molecule has 0 radical (unpaired) electrons. The summed E-state index contributed by atoms with van der Waals surface area (Å²) in [5.74, 6) is 0. The van der Waals surface area contributed by atoms with E-state index in [2.05, 4.69) is 0 Å². The quantitative estimate of drug-likeness (QED) is 0.606. The van der Waals surface area contributed by atoms with Gasteiger partial charge in [0.2, 0.25) is 0 Å². The SMILES string of the molecule is [O]=[V].[O]=[W]. The molecule has 0 saturated heterocycles. The molecule has 2 nitrogen and oxygen atoms in total. The van der Waals surface area contributed by atoms with Gasteiger partial charge in [0, 0.05) is 0 Å². The van der Waals surface area contributed by atoms with Crippen molar-refractivity contribution in [2.45, 2.75) is 0 Å². The molecule has 0 fully saturated rings. The van der Waals surface area contributed by atoms with Crippen LogP contribution in [0, 0.1) is 0 Å².